The zero-order chi connectivity index (χ0) is 25.9. The minimum atomic E-state index is 0.0295. The lowest BCUT2D eigenvalue weighted by Crippen LogP contribution is -2.15. The van der Waals surface area contributed by atoms with E-state index in [0.717, 1.165) is 11.3 Å². The minimum Gasteiger partial charge on any atom is -0.491 e. The molecule has 0 aliphatic heterocycles. The van der Waals surface area contributed by atoms with Crippen LogP contribution in [-0.4, -0.2) is 124 Å². The molecule has 0 atom stereocenters. The lowest BCUT2D eigenvalue weighted by atomic mass is 10.1. The van der Waals surface area contributed by atoms with E-state index in [1.54, 1.807) is 0 Å². The summed E-state index contributed by atoms with van der Waals surface area (Å²) in [5.74, 6) is 0.899. The summed E-state index contributed by atoms with van der Waals surface area (Å²) in [7, 11) is 0. The van der Waals surface area contributed by atoms with Crippen LogP contribution in [0.5, 0.6) is 5.75 Å². The Morgan fingerprint density at radius 3 is 1.14 bits per heavy atom. The van der Waals surface area contributed by atoms with Gasteiger partial charge in [0.15, 0.2) is 0 Å². The molecule has 0 bridgehead atoms. The van der Waals surface area contributed by atoms with Crippen molar-refractivity contribution in [3.05, 3.63) is 29.3 Å². The SMILES string of the molecule is Cc1ccc(OCCOCCOCCOCCOCCOCCOCCOCCOCCO)c(C)c1. The maximum absolute atomic E-state index is 8.56. The molecule has 0 aliphatic carbocycles. The van der Waals surface area contributed by atoms with Crippen molar-refractivity contribution >= 4 is 0 Å². The van der Waals surface area contributed by atoms with E-state index < -0.39 is 0 Å². The van der Waals surface area contributed by atoms with Crippen LogP contribution in [0, 0.1) is 13.8 Å². The molecule has 0 saturated carbocycles. The molecule has 36 heavy (non-hydrogen) atoms. The molecule has 0 aliphatic rings. The summed E-state index contributed by atoms with van der Waals surface area (Å²) < 4.78 is 48.8. The van der Waals surface area contributed by atoms with Gasteiger partial charge in [-0.25, -0.2) is 0 Å². The lowest BCUT2D eigenvalue weighted by Gasteiger charge is -2.10. The van der Waals surface area contributed by atoms with Gasteiger partial charge in [0.05, 0.1) is 112 Å². The molecule has 0 amide bonds. The van der Waals surface area contributed by atoms with Gasteiger partial charge in [0, 0.05) is 0 Å². The number of hydrogen-bond donors (Lipinski definition) is 1. The normalized spacial score (nSPS) is 11.3. The Bertz CT molecular complexity index is 602. The average Bonchev–Trinajstić information content (AvgIpc) is 2.87. The smallest absolute Gasteiger partial charge is 0.122 e. The van der Waals surface area contributed by atoms with Crippen LogP contribution < -0.4 is 4.74 Å². The molecule has 0 spiro atoms. The fraction of sp³-hybridized carbons (Fsp3) is 0.769. The van der Waals surface area contributed by atoms with Gasteiger partial charge in [-0.15, -0.1) is 0 Å². The van der Waals surface area contributed by atoms with E-state index >= 15 is 0 Å². The van der Waals surface area contributed by atoms with Crippen LogP contribution in [0.3, 0.4) is 0 Å². The summed E-state index contributed by atoms with van der Waals surface area (Å²) in [5.41, 5.74) is 2.36. The molecule has 0 saturated heterocycles. The van der Waals surface area contributed by atoms with Crippen molar-refractivity contribution in [3.63, 3.8) is 0 Å². The molecule has 1 N–H and O–H groups in total. The highest BCUT2D eigenvalue weighted by Crippen LogP contribution is 2.18. The van der Waals surface area contributed by atoms with Crippen molar-refractivity contribution in [2.75, 3.05) is 119 Å². The maximum atomic E-state index is 8.56. The summed E-state index contributed by atoms with van der Waals surface area (Å²) in [6, 6.07) is 6.14. The first-order valence-corrected chi connectivity index (χ1v) is 12.7. The molecule has 0 fully saturated rings. The maximum Gasteiger partial charge on any atom is 0.122 e. The summed E-state index contributed by atoms with van der Waals surface area (Å²) >= 11 is 0. The Labute approximate surface area is 216 Å². The molecule has 0 unspecified atom stereocenters. The van der Waals surface area contributed by atoms with Crippen molar-refractivity contribution in [2.24, 2.45) is 0 Å². The van der Waals surface area contributed by atoms with Crippen LogP contribution >= 0.6 is 0 Å². The van der Waals surface area contributed by atoms with Crippen molar-refractivity contribution in [1.82, 2.24) is 0 Å². The predicted molar refractivity (Wildman–Crippen MR) is 135 cm³/mol. The highest BCUT2D eigenvalue weighted by molar-refractivity contribution is 5.35. The molecular weight excluding hydrogens is 472 g/mol. The topological polar surface area (TPSA) is 103 Å². The van der Waals surface area contributed by atoms with E-state index in [0.29, 0.717) is 112 Å². The van der Waals surface area contributed by atoms with Gasteiger partial charge >= 0.3 is 0 Å². The van der Waals surface area contributed by atoms with E-state index in [1.807, 2.05) is 19.1 Å². The Kier molecular flexibility index (Phi) is 23.0. The Hall–Kier alpha value is -1.34. The van der Waals surface area contributed by atoms with E-state index in [-0.39, 0.29) is 6.61 Å². The van der Waals surface area contributed by atoms with Crippen LogP contribution in [-0.2, 0) is 37.9 Å². The van der Waals surface area contributed by atoms with Gasteiger partial charge in [0.2, 0.25) is 0 Å². The summed E-state index contributed by atoms with van der Waals surface area (Å²) in [6.45, 7) is 12.7. The second-order valence-electron chi connectivity index (χ2n) is 7.74. The predicted octanol–water partition coefficient (Wildman–Crippen LogP) is 1.81. The number of rotatable bonds is 27. The van der Waals surface area contributed by atoms with Gasteiger partial charge in [-0.3, -0.25) is 0 Å². The van der Waals surface area contributed by atoms with Crippen molar-refractivity contribution in [1.29, 1.82) is 0 Å². The fourth-order valence-corrected chi connectivity index (χ4v) is 2.88. The van der Waals surface area contributed by atoms with Crippen LogP contribution in [0.2, 0.25) is 0 Å². The van der Waals surface area contributed by atoms with E-state index in [4.69, 9.17) is 47.7 Å². The summed E-state index contributed by atoms with van der Waals surface area (Å²) in [4.78, 5) is 0. The molecule has 1 aromatic carbocycles. The number of benzene rings is 1. The number of aliphatic hydroxyl groups is 1. The van der Waals surface area contributed by atoms with Gasteiger partial charge in [0.1, 0.15) is 12.4 Å². The zero-order valence-corrected chi connectivity index (χ0v) is 22.1. The highest BCUT2D eigenvalue weighted by atomic mass is 16.6. The molecule has 1 rings (SSSR count). The number of aryl methyl sites for hydroxylation is 2. The van der Waals surface area contributed by atoms with Crippen LogP contribution in [0.1, 0.15) is 11.1 Å². The Morgan fingerprint density at radius 2 is 0.806 bits per heavy atom. The van der Waals surface area contributed by atoms with Gasteiger partial charge < -0.3 is 47.7 Å². The van der Waals surface area contributed by atoms with Gasteiger partial charge in [0.25, 0.3) is 0 Å². The first kappa shape index (κ1) is 32.7. The Balaban J connectivity index is 1.68. The third-order valence-corrected chi connectivity index (χ3v) is 4.66. The van der Waals surface area contributed by atoms with E-state index in [2.05, 4.69) is 13.0 Å². The van der Waals surface area contributed by atoms with Crippen LogP contribution in [0.25, 0.3) is 0 Å². The molecule has 0 radical (unpaired) electrons. The van der Waals surface area contributed by atoms with Gasteiger partial charge in [-0.05, 0) is 25.5 Å². The molecule has 0 aromatic heterocycles. The number of ether oxygens (including phenoxy) is 9. The molecule has 0 heterocycles. The van der Waals surface area contributed by atoms with E-state index in [9.17, 15) is 0 Å². The van der Waals surface area contributed by atoms with E-state index in [1.165, 1.54) is 5.56 Å². The first-order chi connectivity index (χ1) is 17.7. The van der Waals surface area contributed by atoms with Crippen molar-refractivity contribution in [2.45, 2.75) is 13.8 Å². The molecule has 210 valence electrons. The van der Waals surface area contributed by atoms with Gasteiger partial charge in [-0.1, -0.05) is 17.7 Å². The van der Waals surface area contributed by atoms with Crippen LogP contribution in [0.4, 0.5) is 0 Å². The monoisotopic (exact) mass is 518 g/mol. The zero-order valence-electron chi connectivity index (χ0n) is 22.1. The third-order valence-electron chi connectivity index (χ3n) is 4.66. The van der Waals surface area contributed by atoms with Gasteiger partial charge in [-0.2, -0.15) is 0 Å². The van der Waals surface area contributed by atoms with Crippen LogP contribution in [0.15, 0.2) is 18.2 Å². The third kappa shape index (κ3) is 20.8. The second kappa shape index (κ2) is 25.3. The quantitative estimate of drug-likeness (QED) is 0.173. The summed E-state index contributed by atoms with van der Waals surface area (Å²) in [6.07, 6.45) is 0. The molecule has 10 nitrogen and oxygen atoms in total. The van der Waals surface area contributed by atoms with Crippen molar-refractivity contribution in [3.8, 4) is 5.75 Å². The number of hydrogen-bond acceptors (Lipinski definition) is 10. The Morgan fingerprint density at radius 1 is 0.472 bits per heavy atom. The van der Waals surface area contributed by atoms with Crippen molar-refractivity contribution < 1.29 is 47.7 Å². The second-order valence-corrected chi connectivity index (χ2v) is 7.74. The molecule has 1 aromatic rings. The number of aliphatic hydroxyl groups excluding tert-OH is 1. The summed E-state index contributed by atoms with van der Waals surface area (Å²) in [5, 5.41) is 8.56. The lowest BCUT2D eigenvalue weighted by molar-refractivity contribution is -0.0242. The standard InChI is InChI=1S/C26H46O10/c1-24-3-4-26(25(2)23-24)36-22-21-35-20-19-34-18-17-33-16-15-32-14-13-31-12-11-30-10-9-29-8-7-28-6-5-27/h3-4,23,27H,5-22H2,1-2H3. The highest BCUT2D eigenvalue weighted by Gasteiger charge is 1.99. The largest absolute Gasteiger partial charge is 0.491 e. The molecule has 10 heteroatoms. The first-order valence-electron chi connectivity index (χ1n) is 12.7. The molecular formula is C26H46O10. The minimum absolute atomic E-state index is 0.0295. The fourth-order valence-electron chi connectivity index (χ4n) is 2.88. The average molecular weight is 519 g/mol.